The molecule has 8 heteroatoms. The van der Waals surface area contributed by atoms with Gasteiger partial charge in [0.15, 0.2) is 17.4 Å². The van der Waals surface area contributed by atoms with Crippen LogP contribution in [0.5, 0.6) is 0 Å². The first-order valence-corrected chi connectivity index (χ1v) is 9.79. The minimum Gasteiger partial charge on any atom is -0.380 e. The van der Waals surface area contributed by atoms with E-state index >= 15 is 0 Å². The van der Waals surface area contributed by atoms with Crippen molar-refractivity contribution >= 4 is 41.3 Å². The Morgan fingerprint density at radius 2 is 1.79 bits per heavy atom. The highest BCUT2D eigenvalue weighted by Crippen LogP contribution is 2.12. The molecule has 0 amide bonds. The smallest absolute Gasteiger partial charge is 0.191 e. The molecule has 1 unspecified atom stereocenters. The maximum atomic E-state index is 4.69. The third-order valence-electron chi connectivity index (χ3n) is 4.53. The van der Waals surface area contributed by atoms with Gasteiger partial charge in [0.05, 0.1) is 0 Å². The largest absolute Gasteiger partial charge is 0.380 e. The van der Waals surface area contributed by atoms with Gasteiger partial charge in [-0.1, -0.05) is 38.1 Å². The van der Waals surface area contributed by atoms with E-state index in [0.717, 1.165) is 36.2 Å². The number of hydrogen-bond donors (Lipinski definition) is 3. The van der Waals surface area contributed by atoms with Crippen molar-refractivity contribution < 1.29 is 0 Å². The number of aromatic nitrogens is 3. The summed E-state index contributed by atoms with van der Waals surface area (Å²) >= 11 is 0. The quantitative estimate of drug-likeness (QED) is 0.247. The lowest BCUT2D eigenvalue weighted by molar-refractivity contribution is 0.512. The number of fused-ring (bicyclic) bond motifs is 1. The summed E-state index contributed by atoms with van der Waals surface area (Å²) in [6, 6.07) is 16.4. The molecule has 0 saturated carbocycles. The van der Waals surface area contributed by atoms with Crippen LogP contribution in [0.4, 0.5) is 5.69 Å². The monoisotopic (exact) mass is 507 g/mol. The van der Waals surface area contributed by atoms with E-state index in [-0.39, 0.29) is 30.0 Å². The Morgan fingerprint density at radius 1 is 1.03 bits per heavy atom. The van der Waals surface area contributed by atoms with Crippen molar-refractivity contribution in [1.29, 1.82) is 0 Å². The number of para-hydroxylation sites is 1. The highest BCUT2D eigenvalue weighted by molar-refractivity contribution is 14.0. The van der Waals surface area contributed by atoms with Crippen LogP contribution >= 0.6 is 24.0 Å². The number of nitrogens with zero attached hydrogens (tertiary/aromatic N) is 4. The molecule has 1 aromatic carbocycles. The second kappa shape index (κ2) is 11.6. The minimum atomic E-state index is 0. The fourth-order valence-corrected chi connectivity index (χ4v) is 2.90. The molecule has 0 fully saturated rings. The number of benzene rings is 1. The summed E-state index contributed by atoms with van der Waals surface area (Å²) in [4.78, 5) is 4.69. The maximum Gasteiger partial charge on any atom is 0.191 e. The normalized spacial score (nSPS) is 12.5. The molecule has 3 rings (SSSR count). The summed E-state index contributed by atoms with van der Waals surface area (Å²) in [5.74, 6) is 2.06. The zero-order chi connectivity index (χ0) is 19.8. The number of rotatable bonds is 8. The highest BCUT2D eigenvalue weighted by Gasteiger charge is 2.14. The molecule has 0 spiro atoms. The lowest BCUT2D eigenvalue weighted by Crippen LogP contribution is -2.44. The van der Waals surface area contributed by atoms with Gasteiger partial charge in [-0.25, -0.2) is 4.99 Å². The SMILES string of the molecule is CCNC(=NCc1nnc2ccccn12)NCC(Nc1ccccc1)C(C)C.I. The summed E-state index contributed by atoms with van der Waals surface area (Å²) in [5, 5.41) is 18.8. The Kier molecular flexibility index (Phi) is 9.17. The zero-order valence-electron chi connectivity index (χ0n) is 17.2. The van der Waals surface area contributed by atoms with Gasteiger partial charge in [0.25, 0.3) is 0 Å². The molecular weight excluding hydrogens is 477 g/mol. The summed E-state index contributed by atoms with van der Waals surface area (Å²) in [5.41, 5.74) is 1.96. The van der Waals surface area contributed by atoms with Crippen LogP contribution in [-0.4, -0.2) is 39.7 Å². The second-order valence-electron chi connectivity index (χ2n) is 6.98. The lowest BCUT2D eigenvalue weighted by atomic mass is 10.0. The first kappa shape index (κ1) is 22.9. The first-order valence-electron chi connectivity index (χ1n) is 9.79. The molecule has 0 aliphatic heterocycles. The highest BCUT2D eigenvalue weighted by atomic mass is 127. The lowest BCUT2D eigenvalue weighted by Gasteiger charge is -2.25. The van der Waals surface area contributed by atoms with Gasteiger partial charge in [-0.15, -0.1) is 34.2 Å². The van der Waals surface area contributed by atoms with Crippen molar-refractivity contribution in [3.8, 4) is 0 Å². The van der Waals surface area contributed by atoms with E-state index in [1.54, 1.807) is 0 Å². The number of nitrogens with one attached hydrogen (secondary N) is 3. The summed E-state index contributed by atoms with van der Waals surface area (Å²) in [6.07, 6.45) is 1.96. The number of aliphatic imine (C=N–C) groups is 1. The van der Waals surface area contributed by atoms with E-state index in [4.69, 9.17) is 0 Å². The third kappa shape index (κ3) is 6.59. The number of halogens is 1. The van der Waals surface area contributed by atoms with Crippen molar-refractivity contribution in [1.82, 2.24) is 25.2 Å². The fourth-order valence-electron chi connectivity index (χ4n) is 2.90. The molecule has 0 radical (unpaired) electrons. The topological polar surface area (TPSA) is 78.6 Å². The predicted octanol–water partition coefficient (Wildman–Crippen LogP) is 3.54. The van der Waals surface area contributed by atoms with Gasteiger partial charge in [0, 0.05) is 31.0 Å². The van der Waals surface area contributed by atoms with E-state index in [9.17, 15) is 0 Å². The second-order valence-corrected chi connectivity index (χ2v) is 6.98. The van der Waals surface area contributed by atoms with Crippen molar-refractivity contribution in [3.63, 3.8) is 0 Å². The van der Waals surface area contributed by atoms with E-state index < -0.39 is 0 Å². The molecule has 2 aromatic heterocycles. The Morgan fingerprint density at radius 3 is 2.52 bits per heavy atom. The number of guanidine groups is 1. The van der Waals surface area contributed by atoms with Crippen LogP contribution in [0.15, 0.2) is 59.7 Å². The molecule has 0 aliphatic rings. The Hall–Kier alpha value is -2.36. The fraction of sp³-hybridized carbons (Fsp3) is 0.381. The van der Waals surface area contributed by atoms with Gasteiger partial charge in [-0.3, -0.25) is 4.40 Å². The summed E-state index contributed by atoms with van der Waals surface area (Å²) in [7, 11) is 0. The summed E-state index contributed by atoms with van der Waals surface area (Å²) < 4.78 is 1.96. The Balaban J connectivity index is 0.00000300. The van der Waals surface area contributed by atoms with Gasteiger partial charge in [0.1, 0.15) is 6.54 Å². The number of hydrogen-bond acceptors (Lipinski definition) is 4. The average molecular weight is 507 g/mol. The van der Waals surface area contributed by atoms with Crippen LogP contribution in [0.2, 0.25) is 0 Å². The zero-order valence-corrected chi connectivity index (χ0v) is 19.5. The van der Waals surface area contributed by atoms with Crippen molar-refractivity contribution in [2.75, 3.05) is 18.4 Å². The molecule has 0 aliphatic carbocycles. The van der Waals surface area contributed by atoms with Crippen LogP contribution in [0, 0.1) is 5.92 Å². The van der Waals surface area contributed by atoms with Gasteiger partial charge < -0.3 is 16.0 Å². The van der Waals surface area contributed by atoms with Gasteiger partial charge in [-0.05, 0) is 37.1 Å². The van der Waals surface area contributed by atoms with Gasteiger partial charge in [-0.2, -0.15) is 0 Å². The summed E-state index contributed by atoms with van der Waals surface area (Å²) in [6.45, 7) is 8.51. The predicted molar refractivity (Wildman–Crippen MR) is 130 cm³/mol. The van der Waals surface area contributed by atoms with Crippen LogP contribution in [-0.2, 0) is 6.54 Å². The van der Waals surface area contributed by atoms with Crippen molar-refractivity contribution in [2.45, 2.75) is 33.4 Å². The number of pyridine rings is 1. The molecule has 1 atom stereocenters. The molecule has 3 aromatic rings. The van der Waals surface area contributed by atoms with Crippen LogP contribution in [0.3, 0.4) is 0 Å². The minimum absolute atomic E-state index is 0. The standard InChI is InChI=1S/C21H29N7.HI/c1-4-22-21(24-15-20-27-26-19-12-8-9-13-28(19)20)23-14-18(16(2)3)25-17-10-6-5-7-11-17;/h5-13,16,18,25H,4,14-15H2,1-3H3,(H2,22,23,24);1H. The van der Waals surface area contributed by atoms with E-state index in [1.165, 1.54) is 0 Å². The maximum absolute atomic E-state index is 4.69. The molecule has 0 bridgehead atoms. The Labute approximate surface area is 189 Å². The third-order valence-corrected chi connectivity index (χ3v) is 4.53. The molecular formula is C21H30IN7. The molecule has 156 valence electrons. The Bertz CT molecular complexity index is 892. The van der Waals surface area contributed by atoms with Gasteiger partial charge in [0.2, 0.25) is 0 Å². The van der Waals surface area contributed by atoms with Crippen LogP contribution in [0.25, 0.3) is 5.65 Å². The number of anilines is 1. The van der Waals surface area contributed by atoms with Crippen LogP contribution < -0.4 is 16.0 Å². The molecule has 2 heterocycles. The van der Waals surface area contributed by atoms with E-state index in [2.05, 4.69) is 64.0 Å². The van der Waals surface area contributed by atoms with E-state index in [1.807, 2.05) is 47.0 Å². The van der Waals surface area contributed by atoms with Gasteiger partial charge >= 0.3 is 0 Å². The average Bonchev–Trinajstić information content (AvgIpc) is 3.13. The molecule has 29 heavy (non-hydrogen) atoms. The van der Waals surface area contributed by atoms with Crippen molar-refractivity contribution in [3.05, 3.63) is 60.6 Å². The first-order chi connectivity index (χ1) is 13.7. The molecule has 7 nitrogen and oxygen atoms in total. The molecule has 3 N–H and O–H groups in total. The van der Waals surface area contributed by atoms with E-state index in [0.29, 0.717) is 12.5 Å². The molecule has 0 saturated heterocycles. The van der Waals surface area contributed by atoms with Crippen molar-refractivity contribution in [2.24, 2.45) is 10.9 Å². The van der Waals surface area contributed by atoms with Crippen LogP contribution in [0.1, 0.15) is 26.6 Å².